The number of urea groups is 1. The molecular formula is C18H19N3O2. The zero-order valence-corrected chi connectivity index (χ0v) is 12.9. The van der Waals surface area contributed by atoms with Crippen molar-refractivity contribution in [2.24, 2.45) is 0 Å². The van der Waals surface area contributed by atoms with Gasteiger partial charge in [-0.3, -0.25) is 4.79 Å². The summed E-state index contributed by atoms with van der Waals surface area (Å²) in [7, 11) is 0. The first-order chi connectivity index (χ1) is 11.1. The van der Waals surface area contributed by atoms with Crippen molar-refractivity contribution in [3.63, 3.8) is 0 Å². The lowest BCUT2D eigenvalue weighted by Gasteiger charge is -2.08. The molecule has 0 saturated heterocycles. The first-order valence-electron chi connectivity index (χ1n) is 7.66. The third-order valence-electron chi connectivity index (χ3n) is 3.59. The SMILES string of the molecule is Cc1cccc(NC(=O)c2ccc(NC(=O)NC3CC3)cc2)c1. The number of nitrogens with one attached hydrogen (secondary N) is 3. The van der Waals surface area contributed by atoms with Gasteiger partial charge in [-0.1, -0.05) is 12.1 Å². The molecule has 3 N–H and O–H groups in total. The zero-order valence-electron chi connectivity index (χ0n) is 12.9. The predicted octanol–water partition coefficient (Wildman–Crippen LogP) is 3.53. The number of carbonyl (C=O) groups excluding carboxylic acids is 2. The van der Waals surface area contributed by atoms with Crippen molar-refractivity contribution in [2.45, 2.75) is 25.8 Å². The van der Waals surface area contributed by atoms with Crippen LogP contribution in [0.25, 0.3) is 0 Å². The molecule has 5 heteroatoms. The average Bonchev–Trinajstić information content (AvgIpc) is 3.31. The van der Waals surface area contributed by atoms with Crippen LogP contribution in [0.15, 0.2) is 48.5 Å². The molecule has 118 valence electrons. The fourth-order valence-electron chi connectivity index (χ4n) is 2.21. The fourth-order valence-corrected chi connectivity index (χ4v) is 2.21. The maximum Gasteiger partial charge on any atom is 0.319 e. The number of carbonyl (C=O) groups is 2. The molecule has 3 rings (SSSR count). The van der Waals surface area contributed by atoms with Gasteiger partial charge < -0.3 is 16.0 Å². The minimum Gasteiger partial charge on any atom is -0.335 e. The number of rotatable bonds is 4. The van der Waals surface area contributed by atoms with Crippen LogP contribution in [0, 0.1) is 6.92 Å². The van der Waals surface area contributed by atoms with E-state index in [2.05, 4.69) is 16.0 Å². The highest BCUT2D eigenvalue weighted by atomic mass is 16.2. The van der Waals surface area contributed by atoms with Crippen LogP contribution in [0.4, 0.5) is 16.2 Å². The summed E-state index contributed by atoms with van der Waals surface area (Å²) < 4.78 is 0. The van der Waals surface area contributed by atoms with Crippen LogP contribution < -0.4 is 16.0 Å². The van der Waals surface area contributed by atoms with Crippen molar-refractivity contribution < 1.29 is 9.59 Å². The number of amides is 3. The molecule has 0 atom stereocenters. The maximum absolute atomic E-state index is 12.2. The molecule has 0 spiro atoms. The van der Waals surface area contributed by atoms with Crippen LogP contribution in [0.1, 0.15) is 28.8 Å². The zero-order chi connectivity index (χ0) is 16.2. The van der Waals surface area contributed by atoms with E-state index >= 15 is 0 Å². The Morgan fingerprint density at radius 2 is 1.70 bits per heavy atom. The summed E-state index contributed by atoms with van der Waals surface area (Å²) >= 11 is 0. The van der Waals surface area contributed by atoms with Gasteiger partial charge in [-0.25, -0.2) is 4.79 Å². The smallest absolute Gasteiger partial charge is 0.319 e. The van der Waals surface area contributed by atoms with E-state index in [1.54, 1.807) is 24.3 Å². The van der Waals surface area contributed by atoms with Crippen molar-refractivity contribution in [2.75, 3.05) is 10.6 Å². The van der Waals surface area contributed by atoms with Crippen molar-refractivity contribution in [1.29, 1.82) is 0 Å². The first-order valence-corrected chi connectivity index (χ1v) is 7.66. The molecule has 0 heterocycles. The third-order valence-corrected chi connectivity index (χ3v) is 3.59. The monoisotopic (exact) mass is 309 g/mol. The van der Waals surface area contributed by atoms with Crippen LogP contribution in [-0.2, 0) is 0 Å². The fraction of sp³-hybridized carbons (Fsp3) is 0.222. The minimum atomic E-state index is -0.204. The van der Waals surface area contributed by atoms with Gasteiger partial charge in [0.2, 0.25) is 0 Å². The van der Waals surface area contributed by atoms with E-state index in [1.165, 1.54) is 0 Å². The number of benzene rings is 2. The van der Waals surface area contributed by atoms with Gasteiger partial charge in [0.25, 0.3) is 5.91 Å². The molecule has 0 unspecified atom stereocenters. The number of anilines is 2. The van der Waals surface area contributed by atoms with Crippen molar-refractivity contribution in [1.82, 2.24) is 5.32 Å². The highest BCUT2D eigenvalue weighted by Crippen LogP contribution is 2.19. The van der Waals surface area contributed by atoms with Gasteiger partial charge in [-0.15, -0.1) is 0 Å². The van der Waals surface area contributed by atoms with E-state index in [-0.39, 0.29) is 11.9 Å². The summed E-state index contributed by atoms with van der Waals surface area (Å²) in [4.78, 5) is 23.9. The summed E-state index contributed by atoms with van der Waals surface area (Å²) in [6.07, 6.45) is 2.09. The Bertz CT molecular complexity index is 721. The molecule has 1 aliphatic carbocycles. The highest BCUT2D eigenvalue weighted by Gasteiger charge is 2.23. The Morgan fingerprint density at radius 3 is 2.35 bits per heavy atom. The lowest BCUT2D eigenvalue weighted by molar-refractivity contribution is 0.102. The topological polar surface area (TPSA) is 70.2 Å². The number of hydrogen-bond acceptors (Lipinski definition) is 2. The molecule has 5 nitrogen and oxygen atoms in total. The van der Waals surface area contributed by atoms with E-state index in [1.807, 2.05) is 31.2 Å². The molecule has 1 aliphatic rings. The normalized spacial score (nSPS) is 13.3. The molecule has 0 radical (unpaired) electrons. The van der Waals surface area contributed by atoms with E-state index < -0.39 is 0 Å². The van der Waals surface area contributed by atoms with Crippen LogP contribution in [0.5, 0.6) is 0 Å². The van der Waals surface area contributed by atoms with Crippen LogP contribution in [0.2, 0.25) is 0 Å². The molecule has 0 aromatic heterocycles. The molecule has 0 aliphatic heterocycles. The largest absolute Gasteiger partial charge is 0.335 e. The summed E-state index contributed by atoms with van der Waals surface area (Å²) in [5, 5.41) is 8.46. The van der Waals surface area contributed by atoms with Crippen LogP contribution >= 0.6 is 0 Å². The summed E-state index contributed by atoms with van der Waals surface area (Å²) in [6.45, 7) is 1.98. The number of hydrogen-bond donors (Lipinski definition) is 3. The molecule has 1 fully saturated rings. The Morgan fingerprint density at radius 1 is 0.957 bits per heavy atom. The summed E-state index contributed by atoms with van der Waals surface area (Å²) in [5.41, 5.74) is 3.06. The summed E-state index contributed by atoms with van der Waals surface area (Å²) in [5.74, 6) is -0.176. The lowest BCUT2D eigenvalue weighted by atomic mass is 10.1. The van der Waals surface area contributed by atoms with Crippen LogP contribution in [0.3, 0.4) is 0 Å². The minimum absolute atomic E-state index is 0.176. The molecule has 2 aromatic rings. The Hall–Kier alpha value is -2.82. The molecule has 2 aromatic carbocycles. The van der Waals surface area contributed by atoms with Gasteiger partial charge in [-0.2, -0.15) is 0 Å². The highest BCUT2D eigenvalue weighted by molar-refractivity contribution is 6.04. The van der Waals surface area contributed by atoms with Gasteiger partial charge in [-0.05, 0) is 61.7 Å². The van der Waals surface area contributed by atoms with Gasteiger partial charge in [0, 0.05) is 23.0 Å². The van der Waals surface area contributed by atoms with E-state index in [9.17, 15) is 9.59 Å². The van der Waals surface area contributed by atoms with E-state index in [0.29, 0.717) is 17.3 Å². The van der Waals surface area contributed by atoms with E-state index in [0.717, 1.165) is 24.1 Å². The molecule has 23 heavy (non-hydrogen) atoms. The van der Waals surface area contributed by atoms with Gasteiger partial charge in [0.15, 0.2) is 0 Å². The Labute approximate surface area is 135 Å². The standard InChI is InChI=1S/C18H19N3O2/c1-12-3-2-4-16(11-12)19-17(22)13-5-7-14(8-6-13)20-18(23)21-15-9-10-15/h2-8,11,15H,9-10H2,1H3,(H,19,22)(H2,20,21,23). The van der Waals surface area contributed by atoms with Gasteiger partial charge in [0.1, 0.15) is 0 Å². The molecule has 0 bridgehead atoms. The van der Waals surface area contributed by atoms with Crippen LogP contribution in [-0.4, -0.2) is 18.0 Å². The van der Waals surface area contributed by atoms with Gasteiger partial charge in [0.05, 0.1) is 0 Å². The van der Waals surface area contributed by atoms with Crippen molar-refractivity contribution >= 4 is 23.3 Å². The second-order valence-electron chi connectivity index (χ2n) is 5.77. The molecular weight excluding hydrogens is 290 g/mol. The van der Waals surface area contributed by atoms with Gasteiger partial charge >= 0.3 is 6.03 Å². The average molecular weight is 309 g/mol. The maximum atomic E-state index is 12.2. The quantitative estimate of drug-likeness (QED) is 0.808. The lowest BCUT2D eigenvalue weighted by Crippen LogP contribution is -2.30. The molecule has 1 saturated carbocycles. The molecule has 3 amide bonds. The summed E-state index contributed by atoms with van der Waals surface area (Å²) in [6, 6.07) is 14.6. The Balaban J connectivity index is 1.59. The predicted molar refractivity (Wildman–Crippen MR) is 90.8 cm³/mol. The Kier molecular flexibility index (Phi) is 4.28. The van der Waals surface area contributed by atoms with E-state index in [4.69, 9.17) is 0 Å². The third kappa shape index (κ3) is 4.32. The first kappa shape index (κ1) is 15.1. The second kappa shape index (κ2) is 6.52. The van der Waals surface area contributed by atoms with Crippen molar-refractivity contribution in [3.8, 4) is 0 Å². The van der Waals surface area contributed by atoms with Crippen molar-refractivity contribution in [3.05, 3.63) is 59.7 Å². The number of aryl methyl sites for hydroxylation is 1. The second-order valence-corrected chi connectivity index (χ2v) is 5.77.